The van der Waals surface area contributed by atoms with Crippen molar-refractivity contribution in [3.63, 3.8) is 0 Å². The lowest BCUT2D eigenvalue weighted by Gasteiger charge is -2.09. The van der Waals surface area contributed by atoms with E-state index >= 15 is 0 Å². The molecule has 0 amide bonds. The van der Waals surface area contributed by atoms with Crippen LogP contribution in [-0.4, -0.2) is 34.7 Å². The number of aliphatic carboxylic acids is 1. The Morgan fingerprint density at radius 2 is 2.33 bits per heavy atom. The van der Waals surface area contributed by atoms with E-state index in [1.165, 1.54) is 21.8 Å². The number of ketones is 1. The summed E-state index contributed by atoms with van der Waals surface area (Å²) in [5.74, 6) is -1.16. The molecule has 12 heavy (non-hydrogen) atoms. The van der Waals surface area contributed by atoms with Gasteiger partial charge in [-0.1, -0.05) is 10.8 Å². The minimum Gasteiger partial charge on any atom is -0.480 e. The number of hydrogen-bond donors (Lipinski definition) is 3. The van der Waals surface area contributed by atoms with Gasteiger partial charge in [-0.15, -0.1) is 0 Å². The maximum absolute atomic E-state index is 11.2. The Kier molecular flexibility index (Phi) is 3.39. The van der Waals surface area contributed by atoms with Gasteiger partial charge in [0.1, 0.15) is 0 Å². The lowest BCUT2D eigenvalue weighted by atomic mass is 10.1. The number of hydrogen-bond acceptors (Lipinski definition) is 6. The van der Waals surface area contributed by atoms with Gasteiger partial charge in [0.25, 0.3) is 0 Å². The van der Waals surface area contributed by atoms with Crippen LogP contribution in [0.1, 0.15) is 0 Å². The number of nitrogens with one attached hydrogen (secondary N) is 1. The van der Waals surface area contributed by atoms with Crippen LogP contribution in [0.5, 0.6) is 0 Å². The largest absolute Gasteiger partial charge is 0.480 e. The molecular weight excluding hydrogens is 200 g/mol. The van der Waals surface area contributed by atoms with Gasteiger partial charge in [0.15, 0.2) is 11.8 Å². The van der Waals surface area contributed by atoms with Crippen molar-refractivity contribution >= 4 is 33.5 Å². The van der Waals surface area contributed by atoms with Gasteiger partial charge in [-0.25, -0.2) is 4.72 Å². The first-order valence-corrected chi connectivity index (χ1v) is 5.51. The third kappa shape index (κ3) is 2.13. The van der Waals surface area contributed by atoms with Crippen LogP contribution in [0.25, 0.3) is 0 Å². The van der Waals surface area contributed by atoms with E-state index in [1.807, 2.05) is 0 Å². The molecule has 0 aliphatic carbocycles. The minimum atomic E-state index is -1.40. The molecule has 0 radical (unpaired) electrons. The zero-order valence-electron chi connectivity index (χ0n) is 6.02. The molecular formula is C5H8N2O3S2. The fourth-order valence-corrected chi connectivity index (χ4v) is 2.81. The molecule has 0 aromatic rings. The Balaban J connectivity index is 2.51. The van der Waals surface area contributed by atoms with E-state index in [1.54, 1.807) is 0 Å². The summed E-state index contributed by atoms with van der Waals surface area (Å²) in [5, 5.41) is 8.43. The number of carboxylic acid groups (broad SMARTS) is 1. The van der Waals surface area contributed by atoms with Crippen LogP contribution >= 0.6 is 21.8 Å². The van der Waals surface area contributed by atoms with Gasteiger partial charge in [0.05, 0.1) is 6.04 Å². The van der Waals surface area contributed by atoms with Crippen LogP contribution in [0.15, 0.2) is 0 Å². The number of carbonyl (C=O) groups excluding carboxylic acids is 1. The summed E-state index contributed by atoms with van der Waals surface area (Å²) >= 11 is 0. The second kappa shape index (κ2) is 4.13. The first-order valence-electron chi connectivity index (χ1n) is 3.19. The van der Waals surface area contributed by atoms with Gasteiger partial charge in [-0.05, 0) is 11.0 Å². The molecule has 2 unspecified atom stereocenters. The Morgan fingerprint density at radius 3 is 2.75 bits per heavy atom. The second-order valence-corrected chi connectivity index (χ2v) is 4.44. The highest BCUT2D eigenvalue weighted by Crippen LogP contribution is 2.27. The quantitative estimate of drug-likeness (QED) is 0.319. The van der Waals surface area contributed by atoms with Gasteiger partial charge in [0.2, 0.25) is 0 Å². The van der Waals surface area contributed by atoms with Crippen LogP contribution in [0.2, 0.25) is 0 Å². The molecule has 68 valence electrons. The van der Waals surface area contributed by atoms with Crippen molar-refractivity contribution < 1.29 is 14.7 Å². The topological polar surface area (TPSA) is 92.4 Å². The van der Waals surface area contributed by atoms with Gasteiger partial charge in [-0.2, -0.15) is 0 Å². The molecule has 0 saturated carbocycles. The number of nitrogens with two attached hydrogens (primary N) is 1. The van der Waals surface area contributed by atoms with E-state index < -0.39 is 23.8 Å². The zero-order chi connectivity index (χ0) is 9.14. The number of Topliss-reactive ketones (excluding diaryl/α,β-unsaturated/α-hetero) is 1. The van der Waals surface area contributed by atoms with Crippen molar-refractivity contribution in [1.82, 2.24) is 4.72 Å². The smallest absolute Gasteiger partial charge is 0.328 e. The summed E-state index contributed by atoms with van der Waals surface area (Å²) in [6.45, 7) is 0. The van der Waals surface area contributed by atoms with Crippen LogP contribution in [0, 0.1) is 0 Å². The molecule has 1 saturated heterocycles. The summed E-state index contributed by atoms with van der Waals surface area (Å²) in [6.07, 6.45) is 0. The SMILES string of the molecule is NC(C(=O)O)C(=O)C1CSSN1. The Morgan fingerprint density at radius 1 is 1.67 bits per heavy atom. The lowest BCUT2D eigenvalue weighted by molar-refractivity contribution is -0.142. The van der Waals surface area contributed by atoms with Crippen LogP contribution < -0.4 is 10.5 Å². The van der Waals surface area contributed by atoms with E-state index in [0.29, 0.717) is 5.75 Å². The molecule has 5 nitrogen and oxygen atoms in total. The van der Waals surface area contributed by atoms with Gasteiger partial charge in [0, 0.05) is 5.75 Å². The predicted octanol–water partition coefficient (Wildman–Crippen LogP) is -0.764. The van der Waals surface area contributed by atoms with Crippen LogP contribution in [0.3, 0.4) is 0 Å². The normalized spacial score (nSPS) is 25.2. The lowest BCUT2D eigenvalue weighted by Crippen LogP contribution is -2.47. The predicted molar refractivity (Wildman–Crippen MR) is 47.6 cm³/mol. The van der Waals surface area contributed by atoms with Gasteiger partial charge < -0.3 is 10.8 Å². The average molecular weight is 208 g/mol. The maximum atomic E-state index is 11.2. The van der Waals surface area contributed by atoms with Crippen molar-refractivity contribution in [1.29, 1.82) is 0 Å². The Bertz CT molecular complexity index is 205. The highest BCUT2D eigenvalue weighted by Gasteiger charge is 2.31. The summed E-state index contributed by atoms with van der Waals surface area (Å²) in [4.78, 5) is 21.5. The van der Waals surface area contributed by atoms with E-state index in [0.717, 1.165) is 0 Å². The first kappa shape index (κ1) is 9.85. The number of carbonyl (C=O) groups is 2. The van der Waals surface area contributed by atoms with E-state index in [-0.39, 0.29) is 0 Å². The molecule has 1 heterocycles. The van der Waals surface area contributed by atoms with Crippen molar-refractivity contribution in [3.8, 4) is 0 Å². The summed E-state index contributed by atoms with van der Waals surface area (Å²) in [5.41, 5.74) is 5.13. The van der Waals surface area contributed by atoms with Crippen molar-refractivity contribution in [2.75, 3.05) is 5.75 Å². The molecule has 1 fully saturated rings. The number of rotatable bonds is 3. The van der Waals surface area contributed by atoms with Crippen molar-refractivity contribution in [2.45, 2.75) is 12.1 Å². The molecule has 7 heteroatoms. The first-order chi connectivity index (χ1) is 5.63. The van der Waals surface area contributed by atoms with Crippen molar-refractivity contribution in [3.05, 3.63) is 0 Å². The second-order valence-electron chi connectivity index (χ2n) is 2.26. The average Bonchev–Trinajstić information content (AvgIpc) is 2.53. The van der Waals surface area contributed by atoms with E-state index in [4.69, 9.17) is 10.8 Å². The highest BCUT2D eigenvalue weighted by molar-refractivity contribution is 8.76. The monoisotopic (exact) mass is 208 g/mol. The van der Waals surface area contributed by atoms with E-state index in [9.17, 15) is 9.59 Å². The fraction of sp³-hybridized carbons (Fsp3) is 0.600. The van der Waals surface area contributed by atoms with E-state index in [2.05, 4.69) is 4.72 Å². The third-order valence-electron chi connectivity index (χ3n) is 1.40. The molecule has 0 aromatic carbocycles. The molecule has 2 atom stereocenters. The molecule has 0 spiro atoms. The molecule has 4 N–H and O–H groups in total. The number of carboxylic acids is 1. The zero-order valence-corrected chi connectivity index (χ0v) is 7.65. The minimum absolute atomic E-state index is 0.425. The Hall–Kier alpha value is -0.240. The Labute approximate surface area is 77.0 Å². The molecule has 0 aromatic heterocycles. The summed E-state index contributed by atoms with van der Waals surface area (Å²) < 4.78 is 2.78. The van der Waals surface area contributed by atoms with Crippen LogP contribution in [-0.2, 0) is 9.59 Å². The van der Waals surface area contributed by atoms with Crippen molar-refractivity contribution in [2.24, 2.45) is 5.73 Å². The third-order valence-corrected chi connectivity index (χ3v) is 3.42. The fourth-order valence-electron chi connectivity index (χ4n) is 0.707. The molecule has 0 bridgehead atoms. The summed E-state index contributed by atoms with van der Waals surface area (Å²) in [6, 6.07) is -1.83. The van der Waals surface area contributed by atoms with Crippen LogP contribution in [0.4, 0.5) is 0 Å². The molecule has 1 aliphatic heterocycles. The van der Waals surface area contributed by atoms with Gasteiger partial charge >= 0.3 is 5.97 Å². The summed E-state index contributed by atoms with van der Waals surface area (Å²) in [7, 11) is 2.81. The highest BCUT2D eigenvalue weighted by atomic mass is 33.1. The molecule has 1 rings (SSSR count). The molecule has 1 aliphatic rings. The van der Waals surface area contributed by atoms with Gasteiger partial charge in [-0.3, -0.25) is 9.59 Å². The standard InChI is InChI=1S/C5H8N2O3S2/c6-3(5(9)10)4(8)2-1-11-12-7-2/h2-3,7H,1,6H2,(H,9,10). The maximum Gasteiger partial charge on any atom is 0.328 e.